The topological polar surface area (TPSA) is 64.4 Å². The first-order chi connectivity index (χ1) is 9.83. The lowest BCUT2D eigenvalue weighted by molar-refractivity contribution is -0.130. The lowest BCUT2D eigenvalue weighted by Gasteiger charge is -2.10. The van der Waals surface area contributed by atoms with Crippen LogP contribution in [0.4, 0.5) is 0 Å². The molecular weight excluding hydrogens is 256 g/mol. The third-order valence-electron chi connectivity index (χ3n) is 3.34. The Kier molecular flexibility index (Phi) is 3.78. The zero-order valence-corrected chi connectivity index (χ0v) is 11.0. The monoisotopic (exact) mass is 272 g/mol. The highest BCUT2D eigenvalue weighted by atomic mass is 16.5. The Hall–Kier alpha value is -2.14. The molecule has 1 aliphatic rings. The highest BCUT2D eigenvalue weighted by Gasteiger charge is 2.22. The van der Waals surface area contributed by atoms with Crippen molar-refractivity contribution in [3.8, 4) is 11.1 Å². The molecule has 0 aromatic carbocycles. The van der Waals surface area contributed by atoms with Gasteiger partial charge < -0.3 is 14.5 Å². The minimum absolute atomic E-state index is 0.0452. The second-order valence-corrected chi connectivity index (χ2v) is 4.81. The molecule has 1 N–H and O–H groups in total. The molecule has 1 aliphatic heterocycles. The molecule has 1 atom stereocenters. The van der Waals surface area contributed by atoms with E-state index in [0.29, 0.717) is 13.2 Å². The number of ether oxygens (including phenoxy) is 1. The number of nitrogens with zero attached hydrogens (tertiary/aromatic N) is 1. The summed E-state index contributed by atoms with van der Waals surface area (Å²) in [6.45, 7) is 1.13. The van der Waals surface area contributed by atoms with E-state index in [1.807, 2.05) is 12.1 Å². The van der Waals surface area contributed by atoms with Crippen molar-refractivity contribution in [3.05, 3.63) is 42.6 Å². The van der Waals surface area contributed by atoms with E-state index < -0.39 is 0 Å². The number of amides is 1. The first-order valence-electron chi connectivity index (χ1n) is 6.69. The van der Waals surface area contributed by atoms with Gasteiger partial charge >= 0.3 is 0 Å². The van der Waals surface area contributed by atoms with E-state index in [4.69, 9.17) is 9.15 Å². The van der Waals surface area contributed by atoms with Crippen LogP contribution in [0, 0.1) is 0 Å². The van der Waals surface area contributed by atoms with Crippen molar-refractivity contribution < 1.29 is 13.9 Å². The largest absolute Gasteiger partial charge is 0.472 e. The van der Waals surface area contributed by atoms with E-state index in [2.05, 4.69) is 10.3 Å². The number of rotatable bonds is 4. The van der Waals surface area contributed by atoms with E-state index in [0.717, 1.165) is 29.5 Å². The number of pyridine rings is 1. The van der Waals surface area contributed by atoms with Crippen LogP contribution in [0.5, 0.6) is 0 Å². The van der Waals surface area contributed by atoms with Crippen molar-refractivity contribution in [1.82, 2.24) is 10.3 Å². The van der Waals surface area contributed by atoms with Gasteiger partial charge in [0.05, 0.1) is 12.5 Å². The lowest BCUT2D eigenvalue weighted by atomic mass is 10.1. The van der Waals surface area contributed by atoms with Crippen LogP contribution in [0.25, 0.3) is 11.1 Å². The van der Waals surface area contributed by atoms with Crippen LogP contribution in [-0.2, 0) is 16.1 Å². The van der Waals surface area contributed by atoms with E-state index in [1.165, 1.54) is 0 Å². The predicted molar refractivity (Wildman–Crippen MR) is 72.8 cm³/mol. The summed E-state index contributed by atoms with van der Waals surface area (Å²) >= 11 is 0. The average molecular weight is 272 g/mol. The zero-order chi connectivity index (χ0) is 13.8. The maximum atomic E-state index is 11.9. The summed E-state index contributed by atoms with van der Waals surface area (Å²) in [6.07, 6.45) is 8.29. The van der Waals surface area contributed by atoms with Gasteiger partial charge in [-0.1, -0.05) is 0 Å². The smallest absolute Gasteiger partial charge is 0.249 e. The summed E-state index contributed by atoms with van der Waals surface area (Å²) in [7, 11) is 0. The molecule has 0 spiro atoms. The van der Waals surface area contributed by atoms with Crippen molar-refractivity contribution in [1.29, 1.82) is 0 Å². The Morgan fingerprint density at radius 1 is 1.40 bits per heavy atom. The fourth-order valence-corrected chi connectivity index (χ4v) is 2.26. The van der Waals surface area contributed by atoms with Gasteiger partial charge in [0.25, 0.3) is 0 Å². The molecule has 0 aliphatic carbocycles. The number of carbonyl (C=O) groups excluding carboxylic acids is 1. The molecule has 104 valence electrons. The van der Waals surface area contributed by atoms with Crippen LogP contribution in [0.3, 0.4) is 0 Å². The normalized spacial score (nSPS) is 18.1. The molecule has 1 saturated heterocycles. The van der Waals surface area contributed by atoms with Crippen LogP contribution >= 0.6 is 0 Å². The SMILES string of the molecule is O=C(NCc1cncc(-c2ccoc2)c1)C1CCCO1. The molecule has 20 heavy (non-hydrogen) atoms. The second-order valence-electron chi connectivity index (χ2n) is 4.81. The first kappa shape index (κ1) is 12.9. The van der Waals surface area contributed by atoms with Crippen molar-refractivity contribution >= 4 is 5.91 Å². The number of aromatic nitrogens is 1. The Morgan fingerprint density at radius 3 is 3.10 bits per heavy atom. The van der Waals surface area contributed by atoms with E-state index in [9.17, 15) is 4.79 Å². The van der Waals surface area contributed by atoms with Gasteiger partial charge in [0, 0.05) is 36.7 Å². The molecule has 0 radical (unpaired) electrons. The van der Waals surface area contributed by atoms with Gasteiger partial charge in [-0.3, -0.25) is 9.78 Å². The van der Waals surface area contributed by atoms with Crippen molar-refractivity contribution in [2.75, 3.05) is 6.61 Å². The van der Waals surface area contributed by atoms with Crippen LogP contribution in [-0.4, -0.2) is 23.6 Å². The average Bonchev–Trinajstić information content (AvgIpc) is 3.17. The molecule has 1 unspecified atom stereocenters. The number of hydrogen-bond acceptors (Lipinski definition) is 4. The highest BCUT2D eigenvalue weighted by Crippen LogP contribution is 2.19. The van der Waals surface area contributed by atoms with E-state index >= 15 is 0 Å². The Balaban J connectivity index is 1.63. The standard InChI is InChI=1S/C15H16N2O3/c18-15(14-2-1-4-20-14)17-8-11-6-13(9-16-7-11)12-3-5-19-10-12/h3,5-7,9-10,14H,1-2,4,8H2,(H,17,18). The number of hydrogen-bond donors (Lipinski definition) is 1. The quantitative estimate of drug-likeness (QED) is 0.926. The fourth-order valence-electron chi connectivity index (χ4n) is 2.26. The summed E-state index contributed by atoms with van der Waals surface area (Å²) < 4.78 is 10.4. The minimum Gasteiger partial charge on any atom is -0.472 e. The van der Waals surface area contributed by atoms with Crippen molar-refractivity contribution in [2.24, 2.45) is 0 Å². The first-order valence-corrected chi connectivity index (χ1v) is 6.69. The summed E-state index contributed by atoms with van der Waals surface area (Å²) in [5, 5.41) is 2.89. The second kappa shape index (κ2) is 5.88. The maximum absolute atomic E-state index is 11.9. The summed E-state index contributed by atoms with van der Waals surface area (Å²) in [5.41, 5.74) is 2.91. The third kappa shape index (κ3) is 2.88. The Morgan fingerprint density at radius 2 is 2.35 bits per heavy atom. The minimum atomic E-state index is -0.292. The number of furan rings is 1. The van der Waals surface area contributed by atoms with Crippen LogP contribution in [0.2, 0.25) is 0 Å². The van der Waals surface area contributed by atoms with Gasteiger partial charge in [-0.25, -0.2) is 0 Å². The number of nitrogens with one attached hydrogen (secondary N) is 1. The fraction of sp³-hybridized carbons (Fsp3) is 0.333. The molecule has 1 fully saturated rings. The number of carbonyl (C=O) groups is 1. The molecule has 3 rings (SSSR count). The van der Waals surface area contributed by atoms with Gasteiger partial charge in [0.15, 0.2) is 0 Å². The molecule has 3 heterocycles. The van der Waals surface area contributed by atoms with Gasteiger partial charge in [-0.05, 0) is 30.5 Å². The Labute approximate surface area is 117 Å². The van der Waals surface area contributed by atoms with Crippen LogP contribution in [0.1, 0.15) is 18.4 Å². The van der Waals surface area contributed by atoms with Crippen molar-refractivity contribution in [3.63, 3.8) is 0 Å². The maximum Gasteiger partial charge on any atom is 0.249 e. The predicted octanol–water partition coefficient (Wildman–Crippen LogP) is 2.14. The zero-order valence-electron chi connectivity index (χ0n) is 11.0. The van der Waals surface area contributed by atoms with Crippen molar-refractivity contribution in [2.45, 2.75) is 25.5 Å². The summed E-state index contributed by atoms with van der Waals surface area (Å²) in [4.78, 5) is 16.1. The summed E-state index contributed by atoms with van der Waals surface area (Å²) in [6, 6.07) is 3.87. The molecular formula is C15H16N2O3. The van der Waals surface area contributed by atoms with E-state index in [-0.39, 0.29) is 12.0 Å². The van der Waals surface area contributed by atoms with Gasteiger partial charge in [-0.15, -0.1) is 0 Å². The molecule has 1 amide bonds. The molecule has 2 aromatic rings. The molecule has 2 aromatic heterocycles. The molecule has 0 bridgehead atoms. The summed E-state index contributed by atoms with van der Waals surface area (Å²) in [5.74, 6) is -0.0452. The van der Waals surface area contributed by atoms with Gasteiger partial charge in [0.1, 0.15) is 6.10 Å². The van der Waals surface area contributed by atoms with Gasteiger partial charge in [0.2, 0.25) is 5.91 Å². The molecule has 5 nitrogen and oxygen atoms in total. The molecule has 0 saturated carbocycles. The Bertz CT molecular complexity index is 575. The molecule has 5 heteroatoms. The lowest BCUT2D eigenvalue weighted by Crippen LogP contribution is -2.33. The van der Waals surface area contributed by atoms with Crippen LogP contribution in [0.15, 0.2) is 41.5 Å². The third-order valence-corrected chi connectivity index (χ3v) is 3.34. The highest BCUT2D eigenvalue weighted by molar-refractivity contribution is 5.81. The van der Waals surface area contributed by atoms with Gasteiger partial charge in [-0.2, -0.15) is 0 Å². The van der Waals surface area contributed by atoms with E-state index in [1.54, 1.807) is 24.9 Å². The van der Waals surface area contributed by atoms with Crippen LogP contribution < -0.4 is 5.32 Å².